The van der Waals surface area contributed by atoms with Gasteiger partial charge < -0.3 is 9.30 Å². The zero-order chi connectivity index (χ0) is 11.3. The van der Waals surface area contributed by atoms with E-state index in [1.807, 2.05) is 0 Å². The van der Waals surface area contributed by atoms with Crippen LogP contribution < -0.4 is 5.56 Å². The van der Waals surface area contributed by atoms with Crippen LogP contribution >= 0.6 is 0 Å². The molecule has 82 valence electrons. The average Bonchev–Trinajstić information content (AvgIpc) is 2.27. The third-order valence-corrected chi connectivity index (χ3v) is 2.16. The lowest BCUT2D eigenvalue weighted by atomic mass is 10.2. The normalized spacial score (nSPS) is 10.0. The molecule has 0 atom stereocenters. The van der Waals surface area contributed by atoms with E-state index in [4.69, 9.17) is 0 Å². The second-order valence-electron chi connectivity index (χ2n) is 3.29. The number of unbranched alkanes of at least 4 members (excludes halogenated alkanes) is 1. The van der Waals surface area contributed by atoms with Crippen LogP contribution in [0.1, 0.15) is 30.1 Å². The maximum atomic E-state index is 11.4. The number of hydrogen-bond acceptors (Lipinski definition) is 3. The molecule has 0 aromatic carbocycles. The molecular formula is C11H15NO3. The van der Waals surface area contributed by atoms with Gasteiger partial charge in [-0.25, -0.2) is 4.79 Å². The van der Waals surface area contributed by atoms with Gasteiger partial charge in [0.25, 0.3) is 5.56 Å². The summed E-state index contributed by atoms with van der Waals surface area (Å²) in [6.45, 7) is 2.69. The summed E-state index contributed by atoms with van der Waals surface area (Å²) in [5.74, 6) is -0.416. The first kappa shape index (κ1) is 11.5. The molecule has 15 heavy (non-hydrogen) atoms. The van der Waals surface area contributed by atoms with Crippen LogP contribution in [-0.4, -0.2) is 17.6 Å². The molecule has 0 unspecified atom stereocenters. The van der Waals surface area contributed by atoms with Gasteiger partial charge in [-0.05, 0) is 12.5 Å². The van der Waals surface area contributed by atoms with Crippen LogP contribution in [0.25, 0.3) is 0 Å². The Labute approximate surface area is 88.5 Å². The third-order valence-electron chi connectivity index (χ3n) is 2.16. The molecule has 0 fully saturated rings. The van der Waals surface area contributed by atoms with Crippen molar-refractivity contribution in [3.05, 3.63) is 34.2 Å². The zero-order valence-electron chi connectivity index (χ0n) is 9.03. The van der Waals surface area contributed by atoms with Gasteiger partial charge in [0.15, 0.2) is 0 Å². The smallest absolute Gasteiger partial charge is 0.339 e. The first-order valence-corrected chi connectivity index (χ1v) is 4.98. The number of nitrogens with zero attached hydrogens (tertiary/aromatic N) is 1. The summed E-state index contributed by atoms with van der Waals surface area (Å²) in [6, 6.07) is 2.87. The molecule has 1 rings (SSSR count). The zero-order valence-corrected chi connectivity index (χ0v) is 9.03. The van der Waals surface area contributed by atoms with E-state index < -0.39 is 5.97 Å². The van der Waals surface area contributed by atoms with Crippen LogP contribution in [0.2, 0.25) is 0 Å². The second kappa shape index (κ2) is 5.34. The molecule has 0 N–H and O–H groups in total. The quantitative estimate of drug-likeness (QED) is 0.705. The van der Waals surface area contributed by atoms with Crippen LogP contribution in [0.3, 0.4) is 0 Å². The van der Waals surface area contributed by atoms with Crippen LogP contribution in [0, 0.1) is 0 Å². The number of esters is 1. The van der Waals surface area contributed by atoms with Crippen molar-refractivity contribution in [2.45, 2.75) is 26.3 Å². The molecule has 1 aromatic heterocycles. The Bertz CT molecular complexity index is 395. The van der Waals surface area contributed by atoms with Crippen LogP contribution in [0.4, 0.5) is 0 Å². The minimum absolute atomic E-state index is 0.0869. The van der Waals surface area contributed by atoms with E-state index in [0.717, 1.165) is 12.8 Å². The molecular weight excluding hydrogens is 194 g/mol. The minimum Gasteiger partial charge on any atom is -0.465 e. The van der Waals surface area contributed by atoms with Gasteiger partial charge in [-0.1, -0.05) is 13.3 Å². The van der Waals surface area contributed by atoms with Crippen molar-refractivity contribution in [3.63, 3.8) is 0 Å². The van der Waals surface area contributed by atoms with E-state index in [1.165, 1.54) is 23.8 Å². The number of methoxy groups -OCH3 is 1. The second-order valence-corrected chi connectivity index (χ2v) is 3.29. The lowest BCUT2D eigenvalue weighted by Crippen LogP contribution is -2.20. The van der Waals surface area contributed by atoms with E-state index in [0.29, 0.717) is 12.1 Å². The molecule has 0 radical (unpaired) electrons. The summed E-state index contributed by atoms with van der Waals surface area (Å²) in [5, 5.41) is 0. The van der Waals surface area contributed by atoms with E-state index in [-0.39, 0.29) is 5.56 Å². The van der Waals surface area contributed by atoms with Crippen LogP contribution in [-0.2, 0) is 11.3 Å². The molecule has 1 heterocycles. The number of carbonyl (C=O) groups is 1. The first-order valence-electron chi connectivity index (χ1n) is 4.98. The molecule has 4 nitrogen and oxygen atoms in total. The Hall–Kier alpha value is -1.58. The topological polar surface area (TPSA) is 48.3 Å². The minimum atomic E-state index is -0.416. The molecule has 0 saturated carbocycles. The summed E-state index contributed by atoms with van der Waals surface area (Å²) in [6.07, 6.45) is 3.48. The maximum absolute atomic E-state index is 11.4. The van der Waals surface area contributed by atoms with E-state index in [2.05, 4.69) is 11.7 Å². The summed E-state index contributed by atoms with van der Waals surface area (Å²) >= 11 is 0. The van der Waals surface area contributed by atoms with Crippen molar-refractivity contribution in [2.75, 3.05) is 7.11 Å². The fourth-order valence-corrected chi connectivity index (χ4v) is 1.27. The van der Waals surface area contributed by atoms with Gasteiger partial charge in [-0.15, -0.1) is 0 Å². The largest absolute Gasteiger partial charge is 0.465 e. The van der Waals surface area contributed by atoms with Crippen molar-refractivity contribution in [1.29, 1.82) is 0 Å². The Morgan fingerprint density at radius 1 is 1.47 bits per heavy atom. The van der Waals surface area contributed by atoms with Crippen molar-refractivity contribution in [2.24, 2.45) is 0 Å². The predicted octanol–water partition coefficient (Wildman–Crippen LogP) is 1.43. The molecule has 0 spiro atoms. The van der Waals surface area contributed by atoms with Gasteiger partial charge >= 0.3 is 5.97 Å². The highest BCUT2D eigenvalue weighted by molar-refractivity contribution is 5.88. The van der Waals surface area contributed by atoms with Crippen molar-refractivity contribution < 1.29 is 9.53 Å². The van der Waals surface area contributed by atoms with E-state index in [1.54, 1.807) is 6.20 Å². The predicted molar refractivity (Wildman–Crippen MR) is 56.9 cm³/mol. The number of rotatable bonds is 4. The van der Waals surface area contributed by atoms with Gasteiger partial charge in [0, 0.05) is 18.8 Å². The lowest BCUT2D eigenvalue weighted by molar-refractivity contribution is 0.0599. The number of pyridine rings is 1. The molecule has 0 bridgehead atoms. The van der Waals surface area contributed by atoms with Crippen molar-refractivity contribution in [1.82, 2.24) is 4.57 Å². The standard InChI is InChI=1S/C11H15NO3/c1-3-4-7-12-8-9(11(14)15-2)5-6-10(12)13/h5-6,8H,3-4,7H2,1-2H3. The van der Waals surface area contributed by atoms with Gasteiger partial charge in [-0.3, -0.25) is 4.79 Å². The Morgan fingerprint density at radius 2 is 2.20 bits per heavy atom. The Kier molecular flexibility index (Phi) is 4.09. The van der Waals surface area contributed by atoms with Gasteiger partial charge in [-0.2, -0.15) is 0 Å². The molecule has 4 heteroatoms. The number of hydrogen-bond donors (Lipinski definition) is 0. The summed E-state index contributed by atoms with van der Waals surface area (Å²) in [5.41, 5.74) is 0.323. The lowest BCUT2D eigenvalue weighted by Gasteiger charge is -2.05. The highest BCUT2D eigenvalue weighted by Crippen LogP contribution is 1.99. The van der Waals surface area contributed by atoms with Crippen molar-refractivity contribution in [3.8, 4) is 0 Å². The number of aryl methyl sites for hydroxylation is 1. The van der Waals surface area contributed by atoms with Gasteiger partial charge in [0.2, 0.25) is 0 Å². The summed E-state index contributed by atoms with van der Waals surface area (Å²) < 4.78 is 6.12. The molecule has 0 amide bonds. The Morgan fingerprint density at radius 3 is 2.80 bits per heavy atom. The SMILES string of the molecule is CCCCn1cc(C(=O)OC)ccc1=O. The van der Waals surface area contributed by atoms with Crippen LogP contribution in [0.5, 0.6) is 0 Å². The van der Waals surface area contributed by atoms with Crippen molar-refractivity contribution >= 4 is 5.97 Å². The number of aromatic nitrogens is 1. The summed E-state index contributed by atoms with van der Waals surface area (Å²) in [4.78, 5) is 22.6. The van der Waals surface area contributed by atoms with Gasteiger partial charge in [0.1, 0.15) is 0 Å². The molecule has 0 aliphatic heterocycles. The number of carbonyl (C=O) groups excluding carboxylic acids is 1. The molecule has 0 aliphatic rings. The highest BCUT2D eigenvalue weighted by Gasteiger charge is 2.06. The number of ether oxygens (including phenoxy) is 1. The van der Waals surface area contributed by atoms with Crippen LogP contribution in [0.15, 0.2) is 23.1 Å². The van der Waals surface area contributed by atoms with E-state index in [9.17, 15) is 9.59 Å². The highest BCUT2D eigenvalue weighted by atomic mass is 16.5. The average molecular weight is 209 g/mol. The van der Waals surface area contributed by atoms with Gasteiger partial charge in [0.05, 0.1) is 12.7 Å². The summed E-state index contributed by atoms with van der Waals surface area (Å²) in [7, 11) is 1.32. The first-order chi connectivity index (χ1) is 7.19. The Balaban J connectivity index is 2.95. The fourth-order valence-electron chi connectivity index (χ4n) is 1.27. The monoisotopic (exact) mass is 209 g/mol. The fraction of sp³-hybridized carbons (Fsp3) is 0.455. The third kappa shape index (κ3) is 2.94. The molecule has 0 aliphatic carbocycles. The maximum Gasteiger partial charge on any atom is 0.339 e. The van der Waals surface area contributed by atoms with E-state index >= 15 is 0 Å². The molecule has 1 aromatic rings. The molecule has 0 saturated heterocycles.